The van der Waals surface area contributed by atoms with Gasteiger partial charge < -0.3 is 24.2 Å². The summed E-state index contributed by atoms with van der Waals surface area (Å²) in [7, 11) is 3.25. The van der Waals surface area contributed by atoms with E-state index in [4.69, 9.17) is 19.3 Å². The molecule has 0 unspecified atom stereocenters. The van der Waals surface area contributed by atoms with Crippen molar-refractivity contribution in [1.82, 2.24) is 4.90 Å². The zero-order valence-electron chi connectivity index (χ0n) is 14.5. The number of aliphatic carboxylic acids is 1. The Hall–Kier alpha value is -1.95. The third-order valence-corrected chi connectivity index (χ3v) is 4.32. The van der Waals surface area contributed by atoms with Gasteiger partial charge in [0.15, 0.2) is 11.5 Å². The summed E-state index contributed by atoms with van der Waals surface area (Å²) in [6.07, 6.45) is 3.96. The Balaban J connectivity index is 1.80. The molecule has 1 aliphatic heterocycles. The minimum absolute atomic E-state index is 0.144. The van der Waals surface area contributed by atoms with E-state index in [1.54, 1.807) is 14.2 Å². The summed E-state index contributed by atoms with van der Waals surface area (Å²) in [6, 6.07) is 5.62. The summed E-state index contributed by atoms with van der Waals surface area (Å²) < 4.78 is 16.9. The number of carboxylic acid groups (broad SMARTS) is 1. The van der Waals surface area contributed by atoms with Gasteiger partial charge in [0.1, 0.15) is 6.10 Å². The molecule has 0 amide bonds. The molecule has 1 fully saturated rings. The quantitative estimate of drug-likeness (QED) is 0.699. The molecule has 24 heavy (non-hydrogen) atoms. The Morgan fingerprint density at radius 3 is 2.33 bits per heavy atom. The van der Waals surface area contributed by atoms with E-state index in [0.29, 0.717) is 17.2 Å². The van der Waals surface area contributed by atoms with Crippen molar-refractivity contribution in [3.05, 3.63) is 18.2 Å². The number of hydrogen-bond acceptors (Lipinski definition) is 5. The molecule has 134 valence electrons. The fourth-order valence-electron chi connectivity index (χ4n) is 2.96. The second-order valence-electron chi connectivity index (χ2n) is 6.00. The third kappa shape index (κ3) is 5.30. The maximum atomic E-state index is 10.5. The highest BCUT2D eigenvalue weighted by molar-refractivity contribution is 5.66. The number of ether oxygens (including phenoxy) is 3. The van der Waals surface area contributed by atoms with E-state index in [2.05, 4.69) is 4.90 Å². The highest BCUT2D eigenvalue weighted by atomic mass is 16.5. The smallest absolute Gasteiger partial charge is 0.303 e. The van der Waals surface area contributed by atoms with Gasteiger partial charge >= 0.3 is 5.97 Å². The molecule has 0 radical (unpaired) electrons. The maximum Gasteiger partial charge on any atom is 0.303 e. The zero-order valence-corrected chi connectivity index (χ0v) is 14.5. The Bertz CT molecular complexity index is 504. The van der Waals surface area contributed by atoms with Crippen LogP contribution in [0.4, 0.5) is 0 Å². The lowest BCUT2D eigenvalue weighted by atomic mass is 10.1. The summed E-state index contributed by atoms with van der Waals surface area (Å²) in [6.45, 7) is 2.89. The van der Waals surface area contributed by atoms with Crippen LogP contribution in [-0.2, 0) is 4.79 Å². The average molecular weight is 337 g/mol. The number of piperidine rings is 1. The number of rotatable bonds is 9. The number of benzene rings is 1. The number of nitrogens with zero attached hydrogens (tertiary/aromatic N) is 1. The molecule has 6 heteroatoms. The highest BCUT2D eigenvalue weighted by Crippen LogP contribution is 2.38. The minimum Gasteiger partial charge on any atom is -0.493 e. The first-order valence-corrected chi connectivity index (χ1v) is 8.46. The molecule has 0 bridgehead atoms. The van der Waals surface area contributed by atoms with Crippen LogP contribution in [0.3, 0.4) is 0 Å². The molecule has 6 nitrogen and oxygen atoms in total. The lowest BCUT2D eigenvalue weighted by molar-refractivity contribution is -0.137. The van der Waals surface area contributed by atoms with Gasteiger partial charge in [0, 0.05) is 19.5 Å². The molecular formula is C18H27NO5. The summed E-state index contributed by atoms with van der Waals surface area (Å²) in [5.41, 5.74) is 0. The van der Waals surface area contributed by atoms with Crippen molar-refractivity contribution >= 4 is 5.97 Å². The Labute approximate surface area is 143 Å². The molecule has 1 heterocycles. The lowest BCUT2D eigenvalue weighted by Crippen LogP contribution is -2.38. The van der Waals surface area contributed by atoms with Gasteiger partial charge in [0.2, 0.25) is 5.75 Å². The number of carbonyl (C=O) groups is 1. The van der Waals surface area contributed by atoms with E-state index in [9.17, 15) is 4.79 Å². The molecule has 2 rings (SSSR count). The molecular weight excluding hydrogens is 310 g/mol. The monoisotopic (exact) mass is 337 g/mol. The van der Waals surface area contributed by atoms with E-state index in [0.717, 1.165) is 45.3 Å². The molecule has 0 atom stereocenters. The molecule has 0 aromatic heterocycles. The molecule has 1 saturated heterocycles. The molecule has 0 aliphatic carbocycles. The molecule has 0 saturated carbocycles. The van der Waals surface area contributed by atoms with Crippen molar-refractivity contribution in [3.63, 3.8) is 0 Å². The summed E-state index contributed by atoms with van der Waals surface area (Å²) in [5, 5.41) is 8.66. The number of para-hydroxylation sites is 1. The van der Waals surface area contributed by atoms with Gasteiger partial charge in [0.05, 0.1) is 14.2 Å². The predicted octanol–water partition coefficient (Wildman–Crippen LogP) is 2.80. The van der Waals surface area contributed by atoms with Crippen molar-refractivity contribution < 1.29 is 24.1 Å². The second kappa shape index (κ2) is 9.37. The SMILES string of the molecule is COc1cccc(OC)c1OC1CCN(CCCCC(=O)O)CC1. The molecule has 1 aliphatic rings. The Kier molecular flexibility index (Phi) is 7.18. The van der Waals surface area contributed by atoms with Gasteiger partial charge in [-0.05, 0) is 44.4 Å². The van der Waals surface area contributed by atoms with Gasteiger partial charge in [-0.2, -0.15) is 0 Å². The largest absolute Gasteiger partial charge is 0.493 e. The molecule has 0 spiro atoms. The first-order chi connectivity index (χ1) is 11.6. The first-order valence-electron chi connectivity index (χ1n) is 8.46. The van der Waals surface area contributed by atoms with E-state index < -0.39 is 5.97 Å². The summed E-state index contributed by atoms with van der Waals surface area (Å²) in [4.78, 5) is 12.9. The van der Waals surface area contributed by atoms with Crippen molar-refractivity contribution in [2.75, 3.05) is 33.9 Å². The van der Waals surface area contributed by atoms with Crippen LogP contribution in [-0.4, -0.2) is 55.9 Å². The van der Waals surface area contributed by atoms with Crippen LogP contribution in [0.25, 0.3) is 0 Å². The van der Waals surface area contributed by atoms with Crippen molar-refractivity contribution in [3.8, 4) is 17.2 Å². The van der Waals surface area contributed by atoms with Gasteiger partial charge in [-0.1, -0.05) is 6.07 Å². The van der Waals surface area contributed by atoms with Crippen LogP contribution >= 0.6 is 0 Å². The van der Waals surface area contributed by atoms with Gasteiger partial charge in [0.25, 0.3) is 0 Å². The summed E-state index contributed by atoms with van der Waals surface area (Å²) in [5.74, 6) is 1.33. The number of hydrogen-bond donors (Lipinski definition) is 1. The number of carboxylic acids is 1. The first kappa shape index (κ1) is 18.4. The topological polar surface area (TPSA) is 68.2 Å². The van der Waals surface area contributed by atoms with E-state index in [1.807, 2.05) is 18.2 Å². The average Bonchev–Trinajstić information content (AvgIpc) is 2.60. The third-order valence-electron chi connectivity index (χ3n) is 4.32. The van der Waals surface area contributed by atoms with E-state index in [-0.39, 0.29) is 12.5 Å². The van der Waals surface area contributed by atoms with E-state index >= 15 is 0 Å². The zero-order chi connectivity index (χ0) is 17.4. The predicted molar refractivity (Wildman–Crippen MR) is 91.1 cm³/mol. The van der Waals surface area contributed by atoms with Gasteiger partial charge in [-0.3, -0.25) is 4.79 Å². The van der Waals surface area contributed by atoms with E-state index in [1.165, 1.54) is 0 Å². The fraction of sp³-hybridized carbons (Fsp3) is 0.611. The molecule has 1 N–H and O–H groups in total. The van der Waals surface area contributed by atoms with Crippen LogP contribution in [0.15, 0.2) is 18.2 Å². The van der Waals surface area contributed by atoms with Crippen molar-refractivity contribution in [1.29, 1.82) is 0 Å². The number of unbranched alkanes of at least 4 members (excludes halogenated alkanes) is 1. The lowest BCUT2D eigenvalue weighted by Gasteiger charge is -2.32. The second-order valence-corrected chi connectivity index (χ2v) is 6.00. The standard InChI is InChI=1S/C18H27NO5/c1-22-15-6-5-7-16(23-2)18(15)24-14-9-12-19(13-10-14)11-4-3-8-17(20)21/h5-7,14H,3-4,8-13H2,1-2H3,(H,20,21). The van der Waals surface area contributed by atoms with Crippen molar-refractivity contribution in [2.24, 2.45) is 0 Å². The summed E-state index contributed by atoms with van der Waals surface area (Å²) >= 11 is 0. The van der Waals surface area contributed by atoms with Crippen LogP contribution in [0.5, 0.6) is 17.2 Å². The van der Waals surface area contributed by atoms with Gasteiger partial charge in [-0.25, -0.2) is 0 Å². The number of likely N-dealkylation sites (tertiary alicyclic amines) is 1. The Morgan fingerprint density at radius 2 is 1.79 bits per heavy atom. The fourth-order valence-corrected chi connectivity index (χ4v) is 2.96. The van der Waals surface area contributed by atoms with Crippen LogP contribution < -0.4 is 14.2 Å². The van der Waals surface area contributed by atoms with Crippen LogP contribution in [0.1, 0.15) is 32.1 Å². The molecule has 1 aromatic rings. The van der Waals surface area contributed by atoms with Crippen LogP contribution in [0, 0.1) is 0 Å². The highest BCUT2D eigenvalue weighted by Gasteiger charge is 2.23. The maximum absolute atomic E-state index is 10.5. The number of methoxy groups -OCH3 is 2. The molecule has 1 aromatic carbocycles. The van der Waals surface area contributed by atoms with Crippen molar-refractivity contribution in [2.45, 2.75) is 38.2 Å². The normalized spacial score (nSPS) is 15.9. The van der Waals surface area contributed by atoms with Crippen LogP contribution in [0.2, 0.25) is 0 Å². The Morgan fingerprint density at radius 1 is 1.17 bits per heavy atom. The van der Waals surface area contributed by atoms with Gasteiger partial charge in [-0.15, -0.1) is 0 Å². The minimum atomic E-state index is -0.715.